The third-order valence-electron chi connectivity index (χ3n) is 2.34. The van der Waals surface area contributed by atoms with Crippen LogP contribution in [0.5, 0.6) is 17.4 Å². The summed E-state index contributed by atoms with van der Waals surface area (Å²) in [6.07, 6.45) is 0. The number of anilines is 2. The van der Waals surface area contributed by atoms with Gasteiger partial charge in [-0.1, -0.05) is 12.1 Å². The van der Waals surface area contributed by atoms with Crippen molar-refractivity contribution in [1.82, 2.24) is 9.97 Å². The molecule has 0 amide bonds. The van der Waals surface area contributed by atoms with E-state index in [1.165, 1.54) is 0 Å². The quantitative estimate of drug-likeness (QED) is 0.858. The molecule has 0 bridgehead atoms. The first-order valence-corrected chi connectivity index (χ1v) is 5.95. The predicted octanol–water partition coefficient (Wildman–Crippen LogP) is 2.29. The minimum absolute atomic E-state index is 0.149. The van der Waals surface area contributed by atoms with Crippen LogP contribution >= 0.6 is 0 Å². The second-order valence-electron chi connectivity index (χ2n) is 3.68. The summed E-state index contributed by atoms with van der Waals surface area (Å²) in [4.78, 5) is 8.02. The summed E-state index contributed by atoms with van der Waals surface area (Å²) in [6, 6.07) is 9.05. The Kier molecular flexibility index (Phi) is 4.02. The molecule has 0 aliphatic rings. The summed E-state index contributed by atoms with van der Waals surface area (Å²) in [6.45, 7) is 2.48. The molecule has 3 N–H and O–H groups in total. The molecule has 0 atom stereocenters. The standard InChI is InChI=1S/C13H16N4O2/c1-3-18-9-6-4-5-7-10(9)19-12-8-11(15-2)16-13(14)17-12/h4-8H,3H2,1-2H3,(H3,14,15,16,17). The molecule has 0 saturated carbocycles. The van der Waals surface area contributed by atoms with Gasteiger partial charge in [0.15, 0.2) is 11.5 Å². The molecule has 2 aromatic rings. The average Bonchev–Trinajstić information content (AvgIpc) is 2.40. The van der Waals surface area contributed by atoms with Crippen LogP contribution < -0.4 is 20.5 Å². The lowest BCUT2D eigenvalue weighted by Gasteiger charge is -2.11. The highest BCUT2D eigenvalue weighted by atomic mass is 16.5. The van der Waals surface area contributed by atoms with Crippen molar-refractivity contribution in [2.75, 3.05) is 24.7 Å². The molecule has 6 heteroatoms. The second-order valence-corrected chi connectivity index (χ2v) is 3.68. The first kappa shape index (κ1) is 12.9. The monoisotopic (exact) mass is 260 g/mol. The Morgan fingerprint density at radius 1 is 1.21 bits per heavy atom. The Bertz CT molecular complexity index is 560. The van der Waals surface area contributed by atoms with E-state index < -0.39 is 0 Å². The van der Waals surface area contributed by atoms with Gasteiger partial charge in [-0.3, -0.25) is 0 Å². The van der Waals surface area contributed by atoms with Gasteiger partial charge in [0.1, 0.15) is 5.82 Å². The molecular weight excluding hydrogens is 244 g/mol. The van der Waals surface area contributed by atoms with Crippen LogP contribution in [0.2, 0.25) is 0 Å². The van der Waals surface area contributed by atoms with E-state index in [0.29, 0.717) is 29.8 Å². The van der Waals surface area contributed by atoms with E-state index in [1.807, 2.05) is 31.2 Å². The van der Waals surface area contributed by atoms with Gasteiger partial charge in [0.2, 0.25) is 11.8 Å². The van der Waals surface area contributed by atoms with Gasteiger partial charge in [0.25, 0.3) is 0 Å². The summed E-state index contributed by atoms with van der Waals surface area (Å²) in [5.74, 6) is 2.36. The van der Waals surface area contributed by atoms with E-state index >= 15 is 0 Å². The fourth-order valence-corrected chi connectivity index (χ4v) is 1.55. The molecule has 1 heterocycles. The van der Waals surface area contributed by atoms with Crippen LogP contribution in [0.4, 0.5) is 11.8 Å². The lowest BCUT2D eigenvalue weighted by molar-refractivity contribution is 0.319. The van der Waals surface area contributed by atoms with Gasteiger partial charge in [-0.05, 0) is 19.1 Å². The van der Waals surface area contributed by atoms with Gasteiger partial charge >= 0.3 is 0 Å². The van der Waals surface area contributed by atoms with Crippen molar-refractivity contribution >= 4 is 11.8 Å². The number of nitrogens with two attached hydrogens (primary N) is 1. The van der Waals surface area contributed by atoms with Gasteiger partial charge in [0.05, 0.1) is 6.61 Å². The zero-order chi connectivity index (χ0) is 13.7. The minimum Gasteiger partial charge on any atom is -0.490 e. The predicted molar refractivity (Wildman–Crippen MR) is 73.7 cm³/mol. The largest absolute Gasteiger partial charge is 0.490 e. The number of nitrogens with zero attached hydrogens (tertiary/aromatic N) is 2. The summed E-state index contributed by atoms with van der Waals surface area (Å²) in [7, 11) is 1.75. The van der Waals surface area contributed by atoms with E-state index in [-0.39, 0.29) is 5.95 Å². The fourth-order valence-electron chi connectivity index (χ4n) is 1.55. The maximum Gasteiger partial charge on any atom is 0.226 e. The van der Waals surface area contributed by atoms with Gasteiger partial charge in [0, 0.05) is 13.1 Å². The normalized spacial score (nSPS) is 10.0. The number of aromatic nitrogens is 2. The van der Waals surface area contributed by atoms with Crippen LogP contribution in [0.25, 0.3) is 0 Å². The average molecular weight is 260 g/mol. The second kappa shape index (κ2) is 5.90. The van der Waals surface area contributed by atoms with Crippen molar-refractivity contribution in [3.63, 3.8) is 0 Å². The lowest BCUT2D eigenvalue weighted by atomic mass is 10.3. The Morgan fingerprint density at radius 3 is 2.63 bits per heavy atom. The van der Waals surface area contributed by atoms with Gasteiger partial charge in [-0.25, -0.2) is 0 Å². The number of nitrogen functional groups attached to an aromatic ring is 1. The number of rotatable bonds is 5. The molecule has 0 fully saturated rings. The molecule has 1 aromatic heterocycles. The third kappa shape index (κ3) is 3.25. The van der Waals surface area contributed by atoms with E-state index in [9.17, 15) is 0 Å². The molecule has 2 rings (SSSR count). The number of benzene rings is 1. The maximum atomic E-state index is 5.69. The molecule has 0 saturated heterocycles. The van der Waals surface area contributed by atoms with Crippen molar-refractivity contribution in [2.24, 2.45) is 0 Å². The number of hydrogen-bond donors (Lipinski definition) is 2. The highest BCUT2D eigenvalue weighted by Crippen LogP contribution is 2.31. The Balaban J connectivity index is 2.28. The van der Waals surface area contributed by atoms with Crippen LogP contribution in [0.15, 0.2) is 30.3 Å². The topological polar surface area (TPSA) is 82.3 Å². The zero-order valence-electron chi connectivity index (χ0n) is 10.9. The highest BCUT2D eigenvalue weighted by Gasteiger charge is 2.08. The van der Waals surface area contributed by atoms with E-state index in [0.717, 1.165) is 0 Å². The van der Waals surface area contributed by atoms with E-state index in [1.54, 1.807) is 13.1 Å². The molecule has 0 aliphatic heterocycles. The van der Waals surface area contributed by atoms with Crippen molar-refractivity contribution < 1.29 is 9.47 Å². The Hall–Kier alpha value is -2.50. The van der Waals surface area contributed by atoms with Crippen LogP contribution in [-0.2, 0) is 0 Å². The van der Waals surface area contributed by atoms with Crippen LogP contribution in [0, 0.1) is 0 Å². The smallest absolute Gasteiger partial charge is 0.226 e. The molecule has 100 valence electrons. The molecule has 0 radical (unpaired) electrons. The summed E-state index contributed by atoms with van der Waals surface area (Å²) >= 11 is 0. The molecule has 0 aliphatic carbocycles. The maximum absolute atomic E-state index is 5.69. The van der Waals surface area contributed by atoms with Gasteiger partial charge in [-0.2, -0.15) is 9.97 Å². The van der Waals surface area contributed by atoms with Crippen LogP contribution in [0.1, 0.15) is 6.92 Å². The van der Waals surface area contributed by atoms with Crippen molar-refractivity contribution in [2.45, 2.75) is 6.92 Å². The number of ether oxygens (including phenoxy) is 2. The first-order valence-electron chi connectivity index (χ1n) is 5.95. The SMILES string of the molecule is CCOc1ccccc1Oc1cc(NC)nc(N)n1. The molecular formula is C13H16N4O2. The molecule has 1 aromatic carbocycles. The Morgan fingerprint density at radius 2 is 1.95 bits per heavy atom. The van der Waals surface area contributed by atoms with Gasteiger partial charge < -0.3 is 20.5 Å². The fraction of sp³-hybridized carbons (Fsp3) is 0.231. The number of hydrogen-bond acceptors (Lipinski definition) is 6. The lowest BCUT2D eigenvalue weighted by Crippen LogP contribution is -2.02. The van der Waals surface area contributed by atoms with E-state index in [4.69, 9.17) is 15.2 Å². The van der Waals surface area contributed by atoms with Crippen LogP contribution in [-0.4, -0.2) is 23.6 Å². The summed E-state index contributed by atoms with van der Waals surface area (Å²) < 4.78 is 11.2. The number of nitrogens with one attached hydrogen (secondary N) is 1. The zero-order valence-corrected chi connectivity index (χ0v) is 10.9. The van der Waals surface area contributed by atoms with Crippen molar-refractivity contribution in [3.05, 3.63) is 30.3 Å². The van der Waals surface area contributed by atoms with Crippen molar-refractivity contribution in [1.29, 1.82) is 0 Å². The Labute approximate surface area is 111 Å². The minimum atomic E-state index is 0.149. The summed E-state index contributed by atoms with van der Waals surface area (Å²) in [5.41, 5.74) is 5.61. The summed E-state index contributed by atoms with van der Waals surface area (Å²) in [5, 5.41) is 2.89. The first-order chi connectivity index (χ1) is 9.22. The molecule has 6 nitrogen and oxygen atoms in total. The van der Waals surface area contributed by atoms with Crippen LogP contribution in [0.3, 0.4) is 0 Å². The van der Waals surface area contributed by atoms with E-state index in [2.05, 4.69) is 15.3 Å². The molecule has 19 heavy (non-hydrogen) atoms. The third-order valence-corrected chi connectivity index (χ3v) is 2.34. The number of para-hydroxylation sites is 2. The molecule has 0 unspecified atom stereocenters. The van der Waals surface area contributed by atoms with Crippen molar-refractivity contribution in [3.8, 4) is 17.4 Å². The molecule has 0 spiro atoms. The van der Waals surface area contributed by atoms with Gasteiger partial charge in [-0.15, -0.1) is 0 Å². The highest BCUT2D eigenvalue weighted by molar-refractivity contribution is 5.46.